The molecule has 3 aromatic carbocycles. The van der Waals surface area contributed by atoms with E-state index in [9.17, 15) is 0 Å². The first-order valence-electron chi connectivity index (χ1n) is 8.95. The van der Waals surface area contributed by atoms with Crippen LogP contribution < -0.4 is 4.90 Å². The fraction of sp³-hybridized carbons (Fsp3) is 0.304. The third kappa shape index (κ3) is 2.39. The van der Waals surface area contributed by atoms with Crippen LogP contribution in [0.15, 0.2) is 48.5 Å². The van der Waals surface area contributed by atoms with E-state index in [0.717, 1.165) is 0 Å². The molecule has 0 N–H and O–H groups in total. The van der Waals surface area contributed by atoms with Crippen LogP contribution in [-0.2, 0) is 12.8 Å². The minimum atomic E-state index is 0.407. The zero-order valence-corrected chi connectivity index (χ0v) is 15.1. The Balaban J connectivity index is 1.97. The average molecular weight is 315 g/mol. The Morgan fingerprint density at radius 1 is 0.833 bits per heavy atom. The second-order valence-corrected chi connectivity index (χ2v) is 7.39. The molecule has 1 heteroatoms. The summed E-state index contributed by atoms with van der Waals surface area (Å²) in [6, 6.07) is 18.7. The Morgan fingerprint density at radius 2 is 1.50 bits per heavy atom. The number of nitrogens with zero attached hydrogens (tertiary/aromatic N) is 1. The maximum atomic E-state index is 2.49. The highest BCUT2D eigenvalue weighted by Gasteiger charge is 2.21. The highest BCUT2D eigenvalue weighted by Crippen LogP contribution is 2.40. The van der Waals surface area contributed by atoms with E-state index in [1.54, 1.807) is 0 Å². The molecule has 0 saturated heterocycles. The summed E-state index contributed by atoms with van der Waals surface area (Å²) in [5.41, 5.74) is 8.28. The van der Waals surface area contributed by atoms with Gasteiger partial charge in [-0.05, 0) is 86.4 Å². The number of anilines is 2. The van der Waals surface area contributed by atoms with Crippen molar-refractivity contribution in [2.24, 2.45) is 0 Å². The Kier molecular flexibility index (Phi) is 3.60. The van der Waals surface area contributed by atoms with Crippen LogP contribution in [0.5, 0.6) is 0 Å². The van der Waals surface area contributed by atoms with Gasteiger partial charge >= 0.3 is 0 Å². The summed E-state index contributed by atoms with van der Waals surface area (Å²) < 4.78 is 0. The van der Waals surface area contributed by atoms with Crippen molar-refractivity contribution in [3.63, 3.8) is 0 Å². The lowest BCUT2D eigenvalue weighted by Crippen LogP contribution is -2.25. The molecule has 24 heavy (non-hydrogen) atoms. The second-order valence-electron chi connectivity index (χ2n) is 7.39. The molecule has 0 bridgehead atoms. The molecule has 0 saturated carbocycles. The van der Waals surface area contributed by atoms with Gasteiger partial charge in [-0.25, -0.2) is 0 Å². The largest absolute Gasteiger partial charge is 0.338 e. The molecule has 3 aromatic rings. The van der Waals surface area contributed by atoms with E-state index in [4.69, 9.17) is 0 Å². The fourth-order valence-electron chi connectivity index (χ4n) is 4.25. The van der Waals surface area contributed by atoms with E-state index in [2.05, 4.69) is 81.1 Å². The Bertz CT molecular complexity index is 890. The van der Waals surface area contributed by atoms with Gasteiger partial charge in [0.2, 0.25) is 0 Å². The minimum absolute atomic E-state index is 0.407. The van der Waals surface area contributed by atoms with Crippen LogP contribution in [0, 0.1) is 13.8 Å². The molecule has 0 fully saturated rings. The monoisotopic (exact) mass is 315 g/mol. The maximum Gasteiger partial charge on any atom is 0.0493 e. The molecule has 0 unspecified atom stereocenters. The fourth-order valence-corrected chi connectivity index (χ4v) is 4.25. The molecule has 1 aliphatic rings. The van der Waals surface area contributed by atoms with Crippen molar-refractivity contribution in [1.29, 1.82) is 0 Å². The van der Waals surface area contributed by atoms with Crippen LogP contribution in [0.4, 0.5) is 11.4 Å². The zero-order valence-electron chi connectivity index (χ0n) is 15.1. The molecule has 0 heterocycles. The Labute approximate surface area is 144 Å². The van der Waals surface area contributed by atoms with Crippen molar-refractivity contribution < 1.29 is 0 Å². The van der Waals surface area contributed by atoms with Gasteiger partial charge in [0.05, 0.1) is 0 Å². The first kappa shape index (κ1) is 15.3. The molecule has 0 radical (unpaired) electrons. The quantitative estimate of drug-likeness (QED) is 0.564. The molecule has 1 nitrogen and oxygen atoms in total. The predicted octanol–water partition coefficient (Wildman–Crippen LogP) is 6.10. The van der Waals surface area contributed by atoms with Gasteiger partial charge in [0.25, 0.3) is 0 Å². The van der Waals surface area contributed by atoms with E-state index >= 15 is 0 Å². The van der Waals surface area contributed by atoms with Gasteiger partial charge in [-0.3, -0.25) is 0 Å². The third-order valence-electron chi connectivity index (χ3n) is 5.11. The first-order chi connectivity index (χ1) is 11.5. The van der Waals surface area contributed by atoms with Crippen molar-refractivity contribution in [3.8, 4) is 0 Å². The van der Waals surface area contributed by atoms with Crippen LogP contribution in [0.2, 0.25) is 0 Å². The summed E-state index contributed by atoms with van der Waals surface area (Å²) in [6.07, 6.45) is 2.36. The van der Waals surface area contributed by atoms with E-state index in [1.165, 1.54) is 57.2 Å². The number of hydrogen-bond acceptors (Lipinski definition) is 1. The molecule has 1 aliphatic carbocycles. The summed E-state index contributed by atoms with van der Waals surface area (Å²) in [6.45, 7) is 8.92. The number of benzene rings is 3. The second kappa shape index (κ2) is 5.66. The van der Waals surface area contributed by atoms with Gasteiger partial charge < -0.3 is 4.90 Å². The zero-order chi connectivity index (χ0) is 16.8. The van der Waals surface area contributed by atoms with Crippen molar-refractivity contribution >= 4 is 22.1 Å². The molecule has 0 atom stereocenters. The normalized spacial score (nSPS) is 13.0. The molecule has 0 aromatic heterocycles. The summed E-state index contributed by atoms with van der Waals surface area (Å²) in [5.74, 6) is 0. The van der Waals surface area contributed by atoms with E-state index < -0.39 is 0 Å². The number of rotatable bonds is 3. The van der Waals surface area contributed by atoms with Gasteiger partial charge in [0, 0.05) is 22.8 Å². The van der Waals surface area contributed by atoms with Crippen molar-refractivity contribution in [1.82, 2.24) is 0 Å². The van der Waals surface area contributed by atoms with Crippen LogP contribution in [0.25, 0.3) is 10.8 Å². The smallest absolute Gasteiger partial charge is 0.0493 e. The first-order valence-corrected chi connectivity index (χ1v) is 8.95. The third-order valence-corrected chi connectivity index (χ3v) is 5.11. The SMILES string of the molecule is Cc1cc(C)cc(N(c2ccc3c4c(cccc24)CC3)C(C)C)c1. The van der Waals surface area contributed by atoms with E-state index in [0.29, 0.717) is 6.04 Å². The van der Waals surface area contributed by atoms with E-state index in [-0.39, 0.29) is 0 Å². The molecule has 122 valence electrons. The van der Waals surface area contributed by atoms with Crippen LogP contribution in [-0.4, -0.2) is 6.04 Å². The summed E-state index contributed by atoms with van der Waals surface area (Å²) in [7, 11) is 0. The molecule has 0 amide bonds. The number of aryl methyl sites for hydroxylation is 4. The van der Waals surface area contributed by atoms with Gasteiger partial charge in [-0.2, -0.15) is 0 Å². The molecule has 0 spiro atoms. The van der Waals surface area contributed by atoms with Gasteiger partial charge in [-0.15, -0.1) is 0 Å². The maximum absolute atomic E-state index is 2.49. The average Bonchev–Trinajstić information content (AvgIpc) is 2.94. The highest BCUT2D eigenvalue weighted by molar-refractivity contribution is 6.01. The van der Waals surface area contributed by atoms with Gasteiger partial charge in [-0.1, -0.05) is 30.3 Å². The van der Waals surface area contributed by atoms with Crippen molar-refractivity contribution in [2.75, 3.05) is 4.90 Å². The van der Waals surface area contributed by atoms with Gasteiger partial charge in [0.1, 0.15) is 0 Å². The molecular formula is C23H25N. The molecule has 4 rings (SSSR count). The summed E-state index contributed by atoms with van der Waals surface area (Å²) in [4.78, 5) is 2.49. The standard InChI is InChI=1S/C23H25N/c1-15(2)24(20-13-16(3)12-17(4)14-20)22-11-10-19-9-8-18-6-5-7-21(22)23(18)19/h5-7,10-15H,8-9H2,1-4H3. The van der Waals surface area contributed by atoms with Crippen LogP contribution in [0.3, 0.4) is 0 Å². The molecular weight excluding hydrogens is 290 g/mol. The Hall–Kier alpha value is -2.28. The topological polar surface area (TPSA) is 3.24 Å². The molecule has 0 aliphatic heterocycles. The lowest BCUT2D eigenvalue weighted by molar-refractivity contribution is 0.790. The number of hydrogen-bond donors (Lipinski definition) is 0. The highest BCUT2D eigenvalue weighted by atomic mass is 15.2. The van der Waals surface area contributed by atoms with E-state index in [1.807, 2.05) is 0 Å². The predicted molar refractivity (Wildman–Crippen MR) is 105 cm³/mol. The van der Waals surface area contributed by atoms with Crippen LogP contribution >= 0.6 is 0 Å². The van der Waals surface area contributed by atoms with Crippen LogP contribution in [0.1, 0.15) is 36.1 Å². The lowest BCUT2D eigenvalue weighted by atomic mass is 10.0. The lowest BCUT2D eigenvalue weighted by Gasteiger charge is -2.31. The van der Waals surface area contributed by atoms with Crippen molar-refractivity contribution in [2.45, 2.75) is 46.6 Å². The van der Waals surface area contributed by atoms with Crippen molar-refractivity contribution in [3.05, 3.63) is 70.8 Å². The summed E-state index contributed by atoms with van der Waals surface area (Å²) in [5, 5.41) is 2.89. The summed E-state index contributed by atoms with van der Waals surface area (Å²) >= 11 is 0. The Morgan fingerprint density at radius 3 is 2.17 bits per heavy atom. The minimum Gasteiger partial charge on any atom is -0.338 e. The van der Waals surface area contributed by atoms with Gasteiger partial charge in [0.15, 0.2) is 0 Å².